The fourth-order valence-corrected chi connectivity index (χ4v) is 5.97. The van der Waals surface area contributed by atoms with Crippen molar-refractivity contribution in [2.24, 2.45) is 5.41 Å². The van der Waals surface area contributed by atoms with Crippen molar-refractivity contribution in [2.45, 2.75) is 38.0 Å². The van der Waals surface area contributed by atoms with Gasteiger partial charge in [0.15, 0.2) is 0 Å². The van der Waals surface area contributed by atoms with E-state index in [0.29, 0.717) is 32.8 Å². The molecule has 8 nitrogen and oxygen atoms in total. The number of rotatable bonds is 8. The predicted molar refractivity (Wildman–Crippen MR) is 142 cm³/mol. The van der Waals surface area contributed by atoms with E-state index in [4.69, 9.17) is 4.74 Å². The van der Waals surface area contributed by atoms with Gasteiger partial charge in [-0.05, 0) is 62.8 Å². The molecule has 0 radical (unpaired) electrons. The number of ether oxygens (including phenoxy) is 1. The first-order valence-corrected chi connectivity index (χ1v) is 14.2. The Hall–Kier alpha value is -3.17. The third-order valence-corrected chi connectivity index (χ3v) is 8.71. The molecular weight excluding hydrogens is 490 g/mol. The maximum Gasteiger partial charge on any atom is 0.246 e. The van der Waals surface area contributed by atoms with E-state index in [1.165, 1.54) is 12.1 Å². The monoisotopic (exact) mass is 525 g/mol. The van der Waals surface area contributed by atoms with Gasteiger partial charge in [0.05, 0.1) is 18.0 Å². The maximum absolute atomic E-state index is 12.8. The number of amides is 2. The Morgan fingerprint density at radius 2 is 1.65 bits per heavy atom. The summed E-state index contributed by atoms with van der Waals surface area (Å²) in [5, 5.41) is 0. The summed E-state index contributed by atoms with van der Waals surface area (Å²) < 4.78 is 33.1. The SMILES string of the molecule is CCOc1ccccc1C=CC(=O)N1CCC2(CC1)CCN(C(=O)CNS(=O)(=O)c1ccc(C)cc1)C2. The van der Waals surface area contributed by atoms with Gasteiger partial charge in [0.2, 0.25) is 21.8 Å². The number of carbonyl (C=O) groups is 2. The summed E-state index contributed by atoms with van der Waals surface area (Å²) in [6.07, 6.45) is 5.90. The summed E-state index contributed by atoms with van der Waals surface area (Å²) in [6, 6.07) is 14.2. The highest BCUT2D eigenvalue weighted by Crippen LogP contribution is 2.40. The molecule has 0 unspecified atom stereocenters. The van der Waals surface area contributed by atoms with Crippen LogP contribution in [0.2, 0.25) is 0 Å². The average molecular weight is 526 g/mol. The van der Waals surface area contributed by atoms with E-state index < -0.39 is 10.0 Å². The zero-order valence-electron chi connectivity index (χ0n) is 21.5. The Morgan fingerprint density at radius 1 is 1.00 bits per heavy atom. The first-order valence-electron chi connectivity index (χ1n) is 12.7. The molecule has 2 aliphatic heterocycles. The van der Waals surface area contributed by atoms with Crippen molar-refractivity contribution < 1.29 is 22.7 Å². The number of nitrogens with one attached hydrogen (secondary N) is 1. The second-order valence-electron chi connectivity index (χ2n) is 9.83. The number of sulfonamides is 1. The third-order valence-electron chi connectivity index (χ3n) is 7.30. The van der Waals surface area contributed by atoms with Gasteiger partial charge < -0.3 is 14.5 Å². The van der Waals surface area contributed by atoms with Crippen LogP contribution in [-0.2, 0) is 19.6 Å². The summed E-state index contributed by atoms with van der Waals surface area (Å²) in [6.45, 7) is 6.59. The van der Waals surface area contributed by atoms with Crippen LogP contribution < -0.4 is 9.46 Å². The standard InChI is InChI=1S/C28H35N3O5S/c1-3-36-25-7-5-4-6-23(25)10-13-26(32)30-17-14-28(15-18-30)16-19-31(21-28)27(33)20-29-37(34,35)24-11-8-22(2)9-12-24/h4-13,29H,3,14-21H2,1-2H3. The van der Waals surface area contributed by atoms with E-state index in [2.05, 4.69) is 4.72 Å². The molecule has 2 aromatic rings. The molecule has 2 aromatic carbocycles. The molecule has 198 valence electrons. The van der Waals surface area contributed by atoms with Crippen LogP contribution in [0.1, 0.15) is 37.3 Å². The molecule has 1 spiro atoms. The topological polar surface area (TPSA) is 96.0 Å². The molecular formula is C28H35N3O5S. The number of hydrogen-bond donors (Lipinski definition) is 1. The van der Waals surface area contributed by atoms with Crippen LogP contribution in [0.3, 0.4) is 0 Å². The minimum Gasteiger partial charge on any atom is -0.493 e. The highest BCUT2D eigenvalue weighted by atomic mass is 32.2. The van der Waals surface area contributed by atoms with E-state index >= 15 is 0 Å². The largest absolute Gasteiger partial charge is 0.493 e. The van der Waals surface area contributed by atoms with E-state index in [9.17, 15) is 18.0 Å². The van der Waals surface area contributed by atoms with Crippen LogP contribution in [0, 0.1) is 12.3 Å². The van der Waals surface area contributed by atoms with Gasteiger partial charge in [0.1, 0.15) is 5.75 Å². The fraction of sp³-hybridized carbons (Fsp3) is 0.429. The molecule has 0 bridgehead atoms. The second kappa shape index (κ2) is 11.5. The van der Waals surface area contributed by atoms with Gasteiger partial charge in [-0.25, -0.2) is 13.1 Å². The number of likely N-dealkylation sites (tertiary alicyclic amines) is 2. The Labute approximate surface area is 219 Å². The summed E-state index contributed by atoms with van der Waals surface area (Å²) in [5.74, 6) is 0.503. The molecule has 2 saturated heterocycles. The number of piperidine rings is 1. The van der Waals surface area contributed by atoms with Crippen molar-refractivity contribution in [1.29, 1.82) is 0 Å². The zero-order valence-corrected chi connectivity index (χ0v) is 22.3. The van der Waals surface area contributed by atoms with Crippen LogP contribution in [0.25, 0.3) is 6.08 Å². The number of carbonyl (C=O) groups excluding carboxylic acids is 2. The molecule has 0 atom stereocenters. The highest BCUT2D eigenvalue weighted by molar-refractivity contribution is 7.89. The van der Waals surface area contributed by atoms with Crippen LogP contribution in [0.15, 0.2) is 59.5 Å². The zero-order chi connectivity index (χ0) is 26.5. The summed E-state index contributed by atoms with van der Waals surface area (Å²) in [5.41, 5.74) is 1.82. The molecule has 9 heteroatoms. The molecule has 2 fully saturated rings. The maximum atomic E-state index is 12.8. The van der Waals surface area contributed by atoms with Gasteiger partial charge in [-0.15, -0.1) is 0 Å². The fourth-order valence-electron chi connectivity index (χ4n) is 5.00. The first-order chi connectivity index (χ1) is 17.7. The van der Waals surface area contributed by atoms with Gasteiger partial charge in [-0.1, -0.05) is 35.9 Å². The number of aryl methyl sites for hydroxylation is 1. The van der Waals surface area contributed by atoms with Crippen molar-refractivity contribution in [3.05, 3.63) is 65.7 Å². The van der Waals surface area contributed by atoms with Crippen LogP contribution in [0.5, 0.6) is 5.75 Å². The molecule has 0 aliphatic carbocycles. The quantitative estimate of drug-likeness (QED) is 0.534. The van der Waals surface area contributed by atoms with Gasteiger partial charge in [0, 0.05) is 37.8 Å². The normalized spacial score (nSPS) is 17.5. The van der Waals surface area contributed by atoms with Crippen molar-refractivity contribution in [1.82, 2.24) is 14.5 Å². The van der Waals surface area contributed by atoms with Crippen LogP contribution in [-0.4, -0.2) is 69.4 Å². The van der Waals surface area contributed by atoms with E-state index in [1.807, 2.05) is 43.0 Å². The number of benzene rings is 2. The van der Waals surface area contributed by atoms with Crippen molar-refractivity contribution in [3.63, 3.8) is 0 Å². The first kappa shape index (κ1) is 26.9. The summed E-state index contributed by atoms with van der Waals surface area (Å²) in [4.78, 5) is 29.3. The molecule has 0 saturated carbocycles. The molecule has 2 heterocycles. The lowest BCUT2D eigenvalue weighted by Gasteiger charge is -2.39. The Bertz CT molecular complexity index is 1250. The minimum absolute atomic E-state index is 0.0203. The molecule has 1 N–H and O–H groups in total. The van der Waals surface area contributed by atoms with E-state index in [0.717, 1.165) is 36.1 Å². The van der Waals surface area contributed by atoms with E-state index in [-0.39, 0.29) is 28.7 Å². The molecule has 37 heavy (non-hydrogen) atoms. The molecule has 0 aromatic heterocycles. The summed E-state index contributed by atoms with van der Waals surface area (Å²) in [7, 11) is -3.74. The minimum atomic E-state index is -3.74. The Morgan fingerprint density at radius 3 is 2.32 bits per heavy atom. The molecule has 4 rings (SSSR count). The smallest absolute Gasteiger partial charge is 0.246 e. The van der Waals surface area contributed by atoms with Gasteiger partial charge in [-0.3, -0.25) is 9.59 Å². The van der Waals surface area contributed by atoms with Gasteiger partial charge in [-0.2, -0.15) is 0 Å². The third kappa shape index (κ3) is 6.59. The van der Waals surface area contributed by atoms with Crippen LogP contribution in [0.4, 0.5) is 0 Å². The predicted octanol–water partition coefficient (Wildman–Crippen LogP) is 3.23. The summed E-state index contributed by atoms with van der Waals surface area (Å²) >= 11 is 0. The van der Waals surface area contributed by atoms with Gasteiger partial charge in [0.25, 0.3) is 0 Å². The second-order valence-corrected chi connectivity index (χ2v) is 11.6. The lowest BCUT2D eigenvalue weighted by atomic mass is 9.78. The molecule has 2 amide bonds. The average Bonchev–Trinajstić information content (AvgIpc) is 3.31. The number of para-hydroxylation sites is 1. The Kier molecular flexibility index (Phi) is 8.34. The highest BCUT2D eigenvalue weighted by Gasteiger charge is 2.42. The lowest BCUT2D eigenvalue weighted by Crippen LogP contribution is -2.45. The van der Waals surface area contributed by atoms with Crippen molar-refractivity contribution in [2.75, 3.05) is 39.3 Å². The lowest BCUT2D eigenvalue weighted by molar-refractivity contribution is -0.131. The van der Waals surface area contributed by atoms with Crippen molar-refractivity contribution in [3.8, 4) is 5.75 Å². The molecule has 2 aliphatic rings. The number of hydrogen-bond acceptors (Lipinski definition) is 5. The Balaban J connectivity index is 1.27. The number of nitrogens with zero attached hydrogens (tertiary/aromatic N) is 2. The van der Waals surface area contributed by atoms with E-state index in [1.54, 1.807) is 29.2 Å². The van der Waals surface area contributed by atoms with Gasteiger partial charge >= 0.3 is 0 Å². The van der Waals surface area contributed by atoms with Crippen LogP contribution >= 0.6 is 0 Å². The van der Waals surface area contributed by atoms with Crippen molar-refractivity contribution >= 4 is 27.9 Å².